The van der Waals surface area contributed by atoms with Gasteiger partial charge in [-0.25, -0.2) is 18.6 Å². The average molecular weight is 529 g/mol. The molecule has 1 atom stereocenters. The number of hydrogen-bond acceptors (Lipinski definition) is 2. The van der Waals surface area contributed by atoms with Crippen LogP contribution in [0.4, 0.5) is 26.7 Å². The fraction of sp³-hybridized carbons (Fsp3) is 0.444. The van der Waals surface area contributed by atoms with E-state index in [0.29, 0.717) is 34.5 Å². The molecule has 2 aromatic rings. The van der Waals surface area contributed by atoms with E-state index in [4.69, 9.17) is 0 Å². The fourth-order valence-corrected chi connectivity index (χ4v) is 4.62. The summed E-state index contributed by atoms with van der Waals surface area (Å²) in [4.78, 5) is 17.4. The van der Waals surface area contributed by atoms with Crippen LogP contribution in [0.25, 0.3) is 0 Å². The summed E-state index contributed by atoms with van der Waals surface area (Å²) < 4.78 is 68.5. The minimum Gasteiger partial charge on any atom is -0.465 e. The number of fused-ring (bicyclic) bond motifs is 1. The van der Waals surface area contributed by atoms with E-state index in [0.717, 1.165) is 5.82 Å². The summed E-state index contributed by atoms with van der Waals surface area (Å²) in [6, 6.07) is 0.688. The summed E-state index contributed by atoms with van der Waals surface area (Å²) in [5, 5.41) is 9.55. The van der Waals surface area contributed by atoms with Gasteiger partial charge in [0.2, 0.25) is 0 Å². The van der Waals surface area contributed by atoms with Gasteiger partial charge in [0.05, 0.1) is 11.7 Å². The van der Waals surface area contributed by atoms with Gasteiger partial charge in [-0.05, 0) is 53.1 Å². The fourth-order valence-electron chi connectivity index (χ4n) is 3.69. The molecule has 3 rings (SSSR count). The van der Waals surface area contributed by atoms with Crippen LogP contribution in [0.1, 0.15) is 42.0 Å². The van der Waals surface area contributed by atoms with Crippen molar-refractivity contribution in [3.63, 3.8) is 0 Å². The Labute approximate surface area is 176 Å². The molecule has 1 aliphatic rings. The largest absolute Gasteiger partial charge is 0.465 e. The van der Waals surface area contributed by atoms with E-state index in [9.17, 15) is 31.9 Å². The zero-order valence-electron chi connectivity index (χ0n) is 15.2. The molecule has 0 saturated heterocycles. The first-order valence-corrected chi connectivity index (χ1v) is 9.91. The van der Waals surface area contributed by atoms with E-state index in [-0.39, 0.29) is 24.9 Å². The molecular formula is C18H17F5IN3O2. The summed E-state index contributed by atoms with van der Waals surface area (Å²) in [7, 11) is 0. The van der Waals surface area contributed by atoms with Gasteiger partial charge in [-0.3, -0.25) is 4.90 Å². The molecule has 2 heterocycles. The molecule has 1 aliphatic heterocycles. The Kier molecular flexibility index (Phi) is 6.06. The van der Waals surface area contributed by atoms with Crippen molar-refractivity contribution >= 4 is 28.7 Å². The maximum absolute atomic E-state index is 13.8. The summed E-state index contributed by atoms with van der Waals surface area (Å²) in [6.07, 6.45) is -5.45. The molecule has 158 valence electrons. The van der Waals surface area contributed by atoms with Gasteiger partial charge >= 0.3 is 12.3 Å². The average Bonchev–Trinajstić information content (AvgIpc) is 2.94. The molecule has 29 heavy (non-hydrogen) atoms. The lowest BCUT2D eigenvalue weighted by Gasteiger charge is -2.35. The Morgan fingerprint density at radius 3 is 2.41 bits per heavy atom. The van der Waals surface area contributed by atoms with Crippen molar-refractivity contribution < 1.29 is 31.9 Å². The molecule has 1 aromatic heterocycles. The van der Waals surface area contributed by atoms with Crippen molar-refractivity contribution in [1.82, 2.24) is 14.5 Å². The lowest BCUT2D eigenvalue weighted by molar-refractivity contribution is -0.142. The van der Waals surface area contributed by atoms with E-state index in [1.807, 2.05) is 34.1 Å². The molecule has 0 saturated carbocycles. The highest BCUT2D eigenvalue weighted by Gasteiger charge is 2.38. The normalized spacial score (nSPS) is 16.8. The third-order valence-corrected chi connectivity index (χ3v) is 5.74. The molecule has 1 unspecified atom stereocenters. The van der Waals surface area contributed by atoms with Crippen LogP contribution in [-0.2, 0) is 25.6 Å². The Morgan fingerprint density at radius 2 is 1.90 bits per heavy atom. The van der Waals surface area contributed by atoms with Crippen LogP contribution in [0.5, 0.6) is 0 Å². The number of carbonyl (C=O) groups is 1. The predicted octanol–water partition coefficient (Wildman–Crippen LogP) is 5.01. The third kappa shape index (κ3) is 4.19. The van der Waals surface area contributed by atoms with Gasteiger partial charge in [0, 0.05) is 19.5 Å². The molecule has 5 nitrogen and oxygen atoms in total. The first-order chi connectivity index (χ1) is 13.5. The summed E-state index contributed by atoms with van der Waals surface area (Å²) in [5.41, 5.74) is -1.20. The minimum absolute atomic E-state index is 0.00312. The van der Waals surface area contributed by atoms with Gasteiger partial charge in [0.1, 0.15) is 26.7 Å². The minimum atomic E-state index is -5.13. The topological polar surface area (TPSA) is 58.4 Å². The summed E-state index contributed by atoms with van der Waals surface area (Å²) in [6.45, 7) is 2.60. The summed E-state index contributed by atoms with van der Waals surface area (Å²) in [5.74, 6) is -2.55. The molecule has 1 N–H and O–H groups in total. The van der Waals surface area contributed by atoms with Crippen LogP contribution < -0.4 is 0 Å². The molecule has 11 heteroatoms. The van der Waals surface area contributed by atoms with E-state index < -0.39 is 35.5 Å². The molecular weight excluding hydrogens is 512 g/mol. The highest BCUT2D eigenvalue weighted by molar-refractivity contribution is 14.1. The number of benzene rings is 1. The first kappa shape index (κ1) is 21.8. The number of aryl methyl sites for hydroxylation is 2. The lowest BCUT2D eigenvalue weighted by Crippen LogP contribution is -2.42. The number of rotatable bonds is 4. The van der Waals surface area contributed by atoms with Crippen LogP contribution in [0.3, 0.4) is 0 Å². The van der Waals surface area contributed by atoms with Crippen molar-refractivity contribution in [3.05, 3.63) is 50.1 Å². The SMILES string of the molecule is CCc1nc(I)c2n1CCN(C(=O)O)C2CCc1cc(F)c(C(F)(F)F)c(F)c1. The third-order valence-electron chi connectivity index (χ3n) is 4.95. The van der Waals surface area contributed by atoms with Gasteiger partial charge in [-0.15, -0.1) is 0 Å². The number of alkyl halides is 3. The molecule has 0 spiro atoms. The van der Waals surface area contributed by atoms with E-state index in [1.165, 1.54) is 4.90 Å². The number of imidazole rings is 1. The van der Waals surface area contributed by atoms with E-state index in [1.54, 1.807) is 0 Å². The van der Waals surface area contributed by atoms with Crippen molar-refractivity contribution in [2.75, 3.05) is 6.54 Å². The van der Waals surface area contributed by atoms with Crippen LogP contribution in [0.15, 0.2) is 12.1 Å². The molecule has 1 amide bonds. The van der Waals surface area contributed by atoms with Crippen molar-refractivity contribution in [1.29, 1.82) is 0 Å². The Balaban J connectivity index is 1.91. The molecule has 0 aliphatic carbocycles. The second-order valence-electron chi connectivity index (χ2n) is 6.67. The molecule has 0 bridgehead atoms. The van der Waals surface area contributed by atoms with Gasteiger partial charge < -0.3 is 9.67 Å². The Morgan fingerprint density at radius 1 is 1.28 bits per heavy atom. The first-order valence-electron chi connectivity index (χ1n) is 8.84. The lowest BCUT2D eigenvalue weighted by atomic mass is 9.99. The molecule has 1 aromatic carbocycles. The highest BCUT2D eigenvalue weighted by Crippen LogP contribution is 2.36. The standard InChI is InChI=1S/C18H17F5IN3O2/c1-2-13-25-16(24)15-12(26(17(28)29)5-6-27(13)15)4-3-9-7-10(19)14(11(20)8-9)18(21,22)23/h7-8,12H,2-6H2,1H3,(H,28,29). The monoisotopic (exact) mass is 529 g/mol. The second kappa shape index (κ2) is 8.07. The quantitative estimate of drug-likeness (QED) is 0.448. The van der Waals surface area contributed by atoms with Crippen LogP contribution >= 0.6 is 22.6 Å². The van der Waals surface area contributed by atoms with E-state index in [2.05, 4.69) is 4.98 Å². The number of hydrogen-bond donors (Lipinski definition) is 1. The Hall–Kier alpha value is -1.92. The molecule has 0 fully saturated rings. The summed E-state index contributed by atoms with van der Waals surface area (Å²) >= 11 is 2.02. The van der Waals surface area contributed by atoms with E-state index >= 15 is 0 Å². The zero-order valence-corrected chi connectivity index (χ0v) is 17.4. The second-order valence-corrected chi connectivity index (χ2v) is 7.69. The van der Waals surface area contributed by atoms with Gasteiger partial charge in [0.25, 0.3) is 0 Å². The van der Waals surface area contributed by atoms with Gasteiger partial charge in [0.15, 0.2) is 0 Å². The zero-order chi connectivity index (χ0) is 21.5. The van der Waals surface area contributed by atoms with Crippen molar-refractivity contribution in [2.24, 2.45) is 0 Å². The number of halogens is 6. The smallest absolute Gasteiger partial charge is 0.422 e. The van der Waals surface area contributed by atoms with Crippen LogP contribution in [-0.4, -0.2) is 32.2 Å². The number of nitrogens with zero attached hydrogens (tertiary/aromatic N) is 3. The Bertz CT molecular complexity index is 921. The number of carboxylic acid groups (broad SMARTS) is 1. The maximum Gasteiger partial charge on any atom is 0.422 e. The van der Waals surface area contributed by atoms with Gasteiger partial charge in [-0.2, -0.15) is 13.2 Å². The van der Waals surface area contributed by atoms with Gasteiger partial charge in [-0.1, -0.05) is 6.92 Å². The number of aromatic nitrogens is 2. The predicted molar refractivity (Wildman–Crippen MR) is 101 cm³/mol. The highest BCUT2D eigenvalue weighted by atomic mass is 127. The van der Waals surface area contributed by atoms with Crippen molar-refractivity contribution in [3.8, 4) is 0 Å². The maximum atomic E-state index is 13.8. The van der Waals surface area contributed by atoms with Crippen LogP contribution in [0.2, 0.25) is 0 Å². The van der Waals surface area contributed by atoms with Crippen LogP contribution in [0, 0.1) is 15.3 Å². The van der Waals surface area contributed by atoms with Crippen molar-refractivity contribution in [2.45, 2.75) is 44.9 Å². The molecule has 0 radical (unpaired) electrons. The number of amides is 1.